The van der Waals surface area contributed by atoms with Crippen LogP contribution >= 0.6 is 0 Å². The van der Waals surface area contributed by atoms with Crippen molar-refractivity contribution in [3.05, 3.63) is 0 Å². The van der Waals surface area contributed by atoms with Gasteiger partial charge in [0.05, 0.1) is 0 Å². The Morgan fingerprint density at radius 1 is 1.40 bits per heavy atom. The van der Waals surface area contributed by atoms with Gasteiger partial charge in [-0.05, 0) is 19.9 Å². The van der Waals surface area contributed by atoms with Crippen molar-refractivity contribution in [1.29, 1.82) is 0 Å². The Morgan fingerprint density at radius 2 is 2.27 bits per heavy atom. The highest BCUT2D eigenvalue weighted by atomic mass is 16.2. The first-order valence-electron chi connectivity index (χ1n) is 5.96. The van der Waals surface area contributed by atoms with Gasteiger partial charge in [-0.1, -0.05) is 0 Å². The lowest BCUT2D eigenvalue weighted by molar-refractivity contribution is -0.134. The standard InChI is InChI=1S/C11H21N3O/c1-13-7-5-12-8-10(13)9-14-6-3-2-4-11(14)15/h10,12H,2-9H2,1H3. The van der Waals surface area contributed by atoms with E-state index in [1.165, 1.54) is 6.42 Å². The second-order valence-corrected chi connectivity index (χ2v) is 4.64. The molecular formula is C11H21N3O. The molecular weight excluding hydrogens is 190 g/mol. The van der Waals surface area contributed by atoms with Gasteiger partial charge in [-0.25, -0.2) is 0 Å². The largest absolute Gasteiger partial charge is 0.341 e. The molecule has 1 N–H and O–H groups in total. The summed E-state index contributed by atoms with van der Waals surface area (Å²) in [5.74, 6) is 0.347. The molecule has 4 heteroatoms. The van der Waals surface area contributed by atoms with E-state index in [1.54, 1.807) is 0 Å². The van der Waals surface area contributed by atoms with Crippen LogP contribution in [0.3, 0.4) is 0 Å². The van der Waals surface area contributed by atoms with Crippen LogP contribution in [0.2, 0.25) is 0 Å². The van der Waals surface area contributed by atoms with Gasteiger partial charge >= 0.3 is 0 Å². The molecule has 2 saturated heterocycles. The molecule has 86 valence electrons. The summed E-state index contributed by atoms with van der Waals surface area (Å²) in [6, 6.07) is 0.501. The molecule has 0 aromatic rings. The third-order valence-corrected chi connectivity index (χ3v) is 3.50. The molecule has 1 atom stereocenters. The van der Waals surface area contributed by atoms with Crippen molar-refractivity contribution in [2.75, 3.05) is 39.8 Å². The fraction of sp³-hybridized carbons (Fsp3) is 0.909. The lowest BCUT2D eigenvalue weighted by Gasteiger charge is -2.37. The number of carbonyl (C=O) groups excluding carboxylic acids is 1. The molecule has 2 rings (SSSR count). The van der Waals surface area contributed by atoms with E-state index in [0.29, 0.717) is 11.9 Å². The fourth-order valence-corrected chi connectivity index (χ4v) is 2.38. The predicted molar refractivity (Wildman–Crippen MR) is 59.7 cm³/mol. The first kappa shape index (κ1) is 10.9. The molecule has 0 aromatic carbocycles. The van der Waals surface area contributed by atoms with Crippen molar-refractivity contribution < 1.29 is 4.79 Å². The molecule has 0 aromatic heterocycles. The number of hydrogen-bond donors (Lipinski definition) is 1. The number of nitrogens with one attached hydrogen (secondary N) is 1. The summed E-state index contributed by atoms with van der Waals surface area (Å²) in [5.41, 5.74) is 0. The Bertz CT molecular complexity index is 232. The minimum absolute atomic E-state index is 0.347. The summed E-state index contributed by atoms with van der Waals surface area (Å²) in [5, 5.41) is 3.39. The van der Waals surface area contributed by atoms with Crippen LogP contribution in [0.4, 0.5) is 0 Å². The summed E-state index contributed by atoms with van der Waals surface area (Å²) in [6.45, 7) is 5.04. The summed E-state index contributed by atoms with van der Waals surface area (Å²) in [4.78, 5) is 16.1. The average Bonchev–Trinajstić information content (AvgIpc) is 2.24. The van der Waals surface area contributed by atoms with Crippen LogP contribution < -0.4 is 5.32 Å². The first-order valence-corrected chi connectivity index (χ1v) is 5.96. The molecule has 2 heterocycles. The van der Waals surface area contributed by atoms with Crippen LogP contribution in [0.25, 0.3) is 0 Å². The molecule has 0 spiro atoms. The van der Waals surface area contributed by atoms with Gasteiger partial charge in [-0.15, -0.1) is 0 Å². The zero-order valence-electron chi connectivity index (χ0n) is 9.54. The van der Waals surface area contributed by atoms with Gasteiger partial charge in [0.25, 0.3) is 0 Å². The van der Waals surface area contributed by atoms with Crippen LogP contribution in [0.1, 0.15) is 19.3 Å². The molecule has 0 aliphatic carbocycles. The van der Waals surface area contributed by atoms with Crippen molar-refractivity contribution >= 4 is 5.91 Å². The van der Waals surface area contributed by atoms with Crippen molar-refractivity contribution in [3.63, 3.8) is 0 Å². The highest BCUT2D eigenvalue weighted by Gasteiger charge is 2.25. The van der Waals surface area contributed by atoms with E-state index >= 15 is 0 Å². The Kier molecular flexibility index (Phi) is 3.59. The highest BCUT2D eigenvalue weighted by molar-refractivity contribution is 5.76. The molecule has 0 bridgehead atoms. The molecule has 2 fully saturated rings. The molecule has 2 aliphatic heterocycles. The highest BCUT2D eigenvalue weighted by Crippen LogP contribution is 2.12. The first-order chi connectivity index (χ1) is 7.27. The van der Waals surface area contributed by atoms with E-state index in [-0.39, 0.29) is 0 Å². The monoisotopic (exact) mass is 211 g/mol. The van der Waals surface area contributed by atoms with Crippen LogP contribution in [-0.2, 0) is 4.79 Å². The van der Waals surface area contributed by atoms with Crippen molar-refractivity contribution in [1.82, 2.24) is 15.1 Å². The van der Waals surface area contributed by atoms with E-state index in [2.05, 4.69) is 17.3 Å². The summed E-state index contributed by atoms with van der Waals surface area (Å²) in [6.07, 6.45) is 3.01. The number of rotatable bonds is 2. The zero-order valence-corrected chi connectivity index (χ0v) is 9.54. The lowest BCUT2D eigenvalue weighted by Crippen LogP contribution is -2.55. The summed E-state index contributed by atoms with van der Waals surface area (Å²) < 4.78 is 0. The number of likely N-dealkylation sites (tertiary alicyclic amines) is 1. The van der Waals surface area contributed by atoms with Crippen LogP contribution in [0.5, 0.6) is 0 Å². The van der Waals surface area contributed by atoms with Crippen LogP contribution in [0, 0.1) is 0 Å². The fourth-order valence-electron chi connectivity index (χ4n) is 2.38. The van der Waals surface area contributed by atoms with E-state index in [1.807, 2.05) is 4.90 Å². The number of likely N-dealkylation sites (N-methyl/N-ethyl adjacent to an activating group) is 1. The molecule has 0 saturated carbocycles. The van der Waals surface area contributed by atoms with E-state index in [4.69, 9.17) is 0 Å². The minimum atomic E-state index is 0.347. The number of piperidine rings is 1. The normalized spacial score (nSPS) is 29.5. The second kappa shape index (κ2) is 4.94. The van der Waals surface area contributed by atoms with Crippen LogP contribution in [-0.4, -0.2) is 61.5 Å². The molecule has 1 amide bonds. The Balaban J connectivity index is 1.86. The molecule has 4 nitrogen and oxygen atoms in total. The maximum Gasteiger partial charge on any atom is 0.222 e. The Morgan fingerprint density at radius 3 is 3.00 bits per heavy atom. The minimum Gasteiger partial charge on any atom is -0.341 e. The summed E-state index contributed by atoms with van der Waals surface area (Å²) >= 11 is 0. The SMILES string of the molecule is CN1CCNCC1CN1CCCCC1=O. The Hall–Kier alpha value is -0.610. The maximum atomic E-state index is 11.7. The van der Waals surface area contributed by atoms with Gasteiger partial charge in [0, 0.05) is 45.2 Å². The van der Waals surface area contributed by atoms with Gasteiger partial charge in [-0.3, -0.25) is 9.69 Å². The molecule has 2 aliphatic rings. The third kappa shape index (κ3) is 2.69. The lowest BCUT2D eigenvalue weighted by atomic mass is 10.1. The third-order valence-electron chi connectivity index (χ3n) is 3.50. The van der Waals surface area contributed by atoms with E-state index in [9.17, 15) is 4.79 Å². The van der Waals surface area contributed by atoms with Crippen molar-refractivity contribution in [2.45, 2.75) is 25.3 Å². The number of carbonyl (C=O) groups is 1. The number of piperazine rings is 1. The quantitative estimate of drug-likeness (QED) is 0.693. The van der Waals surface area contributed by atoms with Gasteiger partial charge in [0.15, 0.2) is 0 Å². The maximum absolute atomic E-state index is 11.7. The van der Waals surface area contributed by atoms with Crippen LogP contribution in [0.15, 0.2) is 0 Å². The molecule has 0 radical (unpaired) electrons. The Labute approximate surface area is 91.6 Å². The van der Waals surface area contributed by atoms with Gasteiger partial charge < -0.3 is 10.2 Å². The average molecular weight is 211 g/mol. The second-order valence-electron chi connectivity index (χ2n) is 4.64. The molecule has 15 heavy (non-hydrogen) atoms. The van der Waals surface area contributed by atoms with Crippen molar-refractivity contribution in [2.24, 2.45) is 0 Å². The van der Waals surface area contributed by atoms with E-state index < -0.39 is 0 Å². The van der Waals surface area contributed by atoms with E-state index in [0.717, 1.165) is 45.6 Å². The predicted octanol–water partition coefficient (Wildman–Crippen LogP) is -0.0975. The van der Waals surface area contributed by atoms with Gasteiger partial charge in [0.2, 0.25) is 5.91 Å². The van der Waals surface area contributed by atoms with Gasteiger partial charge in [-0.2, -0.15) is 0 Å². The number of hydrogen-bond acceptors (Lipinski definition) is 3. The summed E-state index contributed by atoms with van der Waals surface area (Å²) in [7, 11) is 2.15. The molecule has 1 unspecified atom stereocenters. The smallest absolute Gasteiger partial charge is 0.222 e. The number of amides is 1. The zero-order chi connectivity index (χ0) is 10.7. The van der Waals surface area contributed by atoms with Crippen molar-refractivity contribution in [3.8, 4) is 0 Å². The van der Waals surface area contributed by atoms with Gasteiger partial charge in [0.1, 0.15) is 0 Å². The topological polar surface area (TPSA) is 35.6 Å². The number of nitrogens with zero attached hydrogens (tertiary/aromatic N) is 2.